The summed E-state index contributed by atoms with van der Waals surface area (Å²) in [6.07, 6.45) is 0.625. The molecule has 1 aromatic carbocycles. The molecule has 0 aromatic heterocycles. The van der Waals surface area contributed by atoms with E-state index in [1.807, 2.05) is 0 Å². The Morgan fingerprint density at radius 1 is 1.50 bits per heavy atom. The molecule has 3 N–H and O–H groups in total. The quantitative estimate of drug-likeness (QED) is 0.696. The largest absolute Gasteiger partial charge is 0.396 e. The Kier molecular flexibility index (Phi) is 3.43. The number of carbonyl (C=O) groups excluding carboxylic acids is 1. The molecule has 1 aliphatic heterocycles. The first-order valence-corrected chi connectivity index (χ1v) is 5.54. The fraction of sp³-hybridized carbons (Fsp3) is 0.364. The van der Waals surface area contributed by atoms with Gasteiger partial charge in [0.15, 0.2) is 0 Å². The second-order valence-electron chi connectivity index (χ2n) is 3.69. The molecule has 0 radical (unpaired) electrons. The van der Waals surface area contributed by atoms with Crippen molar-refractivity contribution in [3.63, 3.8) is 0 Å². The first-order chi connectivity index (χ1) is 7.72. The minimum absolute atomic E-state index is 0.0739. The fourth-order valence-electron chi connectivity index (χ4n) is 1.76. The van der Waals surface area contributed by atoms with Crippen LogP contribution < -0.4 is 10.6 Å². The van der Waals surface area contributed by atoms with Crippen molar-refractivity contribution in [2.75, 3.05) is 18.5 Å². The zero-order valence-corrected chi connectivity index (χ0v) is 9.42. The van der Waals surface area contributed by atoms with Gasteiger partial charge in [-0.2, -0.15) is 0 Å². The molecule has 1 amide bonds. The first kappa shape index (κ1) is 11.4. The van der Waals surface area contributed by atoms with Crippen molar-refractivity contribution >= 4 is 23.2 Å². The van der Waals surface area contributed by atoms with E-state index in [0.717, 1.165) is 11.3 Å². The van der Waals surface area contributed by atoms with Crippen LogP contribution in [0.5, 0.6) is 0 Å². The van der Waals surface area contributed by atoms with Gasteiger partial charge in [-0.15, -0.1) is 0 Å². The summed E-state index contributed by atoms with van der Waals surface area (Å²) in [6.45, 7) is 0.713. The Morgan fingerprint density at radius 2 is 2.31 bits per heavy atom. The number of fused-ring (bicyclic) bond motifs is 1. The zero-order chi connectivity index (χ0) is 11.5. The molecule has 0 fully saturated rings. The molecule has 0 saturated carbocycles. The lowest BCUT2D eigenvalue weighted by Gasteiger charge is -2.10. The number of amides is 1. The van der Waals surface area contributed by atoms with Crippen LogP contribution in [0.15, 0.2) is 18.2 Å². The Bertz CT molecular complexity index is 409. The molecule has 1 heterocycles. The first-order valence-electron chi connectivity index (χ1n) is 5.17. The van der Waals surface area contributed by atoms with Crippen LogP contribution in [-0.2, 0) is 4.79 Å². The second-order valence-corrected chi connectivity index (χ2v) is 4.12. The topological polar surface area (TPSA) is 61.4 Å². The third kappa shape index (κ3) is 2.19. The molecule has 0 aliphatic carbocycles. The maximum atomic E-state index is 11.7. The lowest BCUT2D eigenvalue weighted by Crippen LogP contribution is -2.28. The minimum atomic E-state index is -0.361. The maximum Gasteiger partial charge on any atom is 0.246 e. The monoisotopic (exact) mass is 240 g/mol. The molecular formula is C11H13ClN2O2. The van der Waals surface area contributed by atoms with E-state index in [-0.39, 0.29) is 18.6 Å². The Labute approximate surface area is 98.6 Å². The molecule has 1 atom stereocenters. The summed E-state index contributed by atoms with van der Waals surface area (Å²) >= 11 is 5.89. The molecule has 1 aromatic rings. The summed E-state index contributed by atoms with van der Waals surface area (Å²) in [5.41, 5.74) is 1.67. The number of anilines is 1. The summed E-state index contributed by atoms with van der Waals surface area (Å²) in [5, 5.41) is 15.2. The van der Waals surface area contributed by atoms with Crippen molar-refractivity contribution in [2.24, 2.45) is 0 Å². The molecule has 16 heavy (non-hydrogen) atoms. The third-order valence-electron chi connectivity index (χ3n) is 2.53. The van der Waals surface area contributed by atoms with Crippen molar-refractivity contribution < 1.29 is 9.90 Å². The van der Waals surface area contributed by atoms with Crippen LogP contribution in [0, 0.1) is 0 Å². The standard InChI is InChI=1S/C11H13ClN2O2/c12-7-2-3-9-8(6-7)10(11(16)14-9)13-4-1-5-15/h2-3,6,10,13,15H,1,4-5H2,(H,14,16). The number of aliphatic hydroxyl groups is 1. The van der Waals surface area contributed by atoms with Crippen LogP contribution in [0.25, 0.3) is 0 Å². The lowest BCUT2D eigenvalue weighted by atomic mass is 10.1. The fourth-order valence-corrected chi connectivity index (χ4v) is 1.94. The van der Waals surface area contributed by atoms with Crippen LogP contribution >= 0.6 is 11.6 Å². The van der Waals surface area contributed by atoms with E-state index < -0.39 is 0 Å². The van der Waals surface area contributed by atoms with Crippen LogP contribution in [0.2, 0.25) is 5.02 Å². The van der Waals surface area contributed by atoms with E-state index in [2.05, 4.69) is 10.6 Å². The van der Waals surface area contributed by atoms with Gasteiger partial charge in [0, 0.05) is 22.9 Å². The van der Waals surface area contributed by atoms with Gasteiger partial charge in [0.05, 0.1) is 0 Å². The molecule has 0 saturated heterocycles. The van der Waals surface area contributed by atoms with Crippen LogP contribution in [0.1, 0.15) is 18.0 Å². The van der Waals surface area contributed by atoms with Crippen molar-refractivity contribution in [3.8, 4) is 0 Å². The minimum Gasteiger partial charge on any atom is -0.396 e. The number of hydrogen-bond donors (Lipinski definition) is 3. The predicted octanol–water partition coefficient (Wildman–Crippen LogP) is 1.31. The normalized spacial score (nSPS) is 18.4. The molecule has 5 heteroatoms. The van der Waals surface area contributed by atoms with E-state index in [1.54, 1.807) is 18.2 Å². The number of benzene rings is 1. The van der Waals surface area contributed by atoms with E-state index in [4.69, 9.17) is 16.7 Å². The summed E-state index contributed by atoms with van der Waals surface area (Å²) in [6, 6.07) is 4.96. The van der Waals surface area contributed by atoms with E-state index in [0.29, 0.717) is 18.0 Å². The van der Waals surface area contributed by atoms with Crippen molar-refractivity contribution in [2.45, 2.75) is 12.5 Å². The Hall–Kier alpha value is -1.10. The molecule has 1 aliphatic rings. The average Bonchev–Trinajstić information content (AvgIpc) is 2.56. The lowest BCUT2D eigenvalue weighted by molar-refractivity contribution is -0.117. The van der Waals surface area contributed by atoms with Gasteiger partial charge in [0.2, 0.25) is 5.91 Å². The number of halogens is 1. The highest BCUT2D eigenvalue weighted by Gasteiger charge is 2.29. The zero-order valence-electron chi connectivity index (χ0n) is 8.66. The summed E-state index contributed by atoms with van der Waals surface area (Å²) in [5.74, 6) is -0.0739. The summed E-state index contributed by atoms with van der Waals surface area (Å²) in [4.78, 5) is 11.7. The predicted molar refractivity (Wildman–Crippen MR) is 62.5 cm³/mol. The van der Waals surface area contributed by atoms with Gasteiger partial charge in [-0.3, -0.25) is 4.79 Å². The van der Waals surface area contributed by atoms with Crippen LogP contribution in [-0.4, -0.2) is 24.2 Å². The SMILES string of the molecule is O=C1Nc2ccc(Cl)cc2C1NCCCO. The molecular weight excluding hydrogens is 228 g/mol. The van der Waals surface area contributed by atoms with Gasteiger partial charge in [0.25, 0.3) is 0 Å². The van der Waals surface area contributed by atoms with E-state index in [9.17, 15) is 4.79 Å². The Morgan fingerprint density at radius 3 is 3.06 bits per heavy atom. The van der Waals surface area contributed by atoms with Gasteiger partial charge in [0.1, 0.15) is 6.04 Å². The number of aliphatic hydroxyl groups excluding tert-OH is 1. The highest BCUT2D eigenvalue weighted by molar-refractivity contribution is 6.31. The van der Waals surface area contributed by atoms with Gasteiger partial charge in [-0.1, -0.05) is 11.6 Å². The number of nitrogens with one attached hydrogen (secondary N) is 2. The second kappa shape index (κ2) is 4.82. The number of carbonyl (C=O) groups is 1. The maximum absolute atomic E-state index is 11.7. The van der Waals surface area contributed by atoms with Crippen LogP contribution in [0.4, 0.5) is 5.69 Å². The number of rotatable bonds is 4. The molecule has 1 unspecified atom stereocenters. The van der Waals surface area contributed by atoms with Crippen molar-refractivity contribution in [3.05, 3.63) is 28.8 Å². The third-order valence-corrected chi connectivity index (χ3v) is 2.76. The van der Waals surface area contributed by atoms with Crippen LogP contribution in [0.3, 0.4) is 0 Å². The summed E-state index contributed by atoms with van der Waals surface area (Å²) < 4.78 is 0. The number of hydrogen-bond acceptors (Lipinski definition) is 3. The molecule has 86 valence electrons. The van der Waals surface area contributed by atoms with E-state index in [1.165, 1.54) is 0 Å². The average molecular weight is 241 g/mol. The Balaban J connectivity index is 2.15. The van der Waals surface area contributed by atoms with E-state index >= 15 is 0 Å². The highest BCUT2D eigenvalue weighted by atomic mass is 35.5. The molecule has 4 nitrogen and oxygen atoms in total. The van der Waals surface area contributed by atoms with Crippen molar-refractivity contribution in [1.29, 1.82) is 0 Å². The van der Waals surface area contributed by atoms with Crippen molar-refractivity contribution in [1.82, 2.24) is 5.32 Å². The highest BCUT2D eigenvalue weighted by Crippen LogP contribution is 2.32. The smallest absolute Gasteiger partial charge is 0.246 e. The van der Waals surface area contributed by atoms with Gasteiger partial charge < -0.3 is 15.7 Å². The van der Waals surface area contributed by atoms with Gasteiger partial charge >= 0.3 is 0 Å². The van der Waals surface area contributed by atoms with Gasteiger partial charge in [-0.05, 0) is 31.2 Å². The molecule has 2 rings (SSSR count). The molecule has 0 bridgehead atoms. The summed E-state index contributed by atoms with van der Waals surface area (Å²) in [7, 11) is 0. The van der Waals surface area contributed by atoms with Gasteiger partial charge in [-0.25, -0.2) is 0 Å². The molecule has 0 spiro atoms.